The largest absolute Gasteiger partial charge is 0.462 e. The van der Waals surface area contributed by atoms with E-state index in [0.29, 0.717) is 19.3 Å². The molecule has 0 radical (unpaired) electrons. The van der Waals surface area contributed by atoms with Crippen LogP contribution in [-0.4, -0.2) is 177 Å². The minimum atomic E-state index is -1.77. The van der Waals surface area contributed by atoms with Crippen molar-refractivity contribution in [3.63, 3.8) is 0 Å². The molecule has 0 aromatic carbocycles. The predicted molar refractivity (Wildman–Crippen MR) is 250 cm³/mol. The van der Waals surface area contributed by atoms with Gasteiger partial charge >= 0.3 is 17.9 Å². The van der Waals surface area contributed by atoms with Crippen molar-refractivity contribution < 1.29 is 76.8 Å². The van der Waals surface area contributed by atoms with E-state index in [2.05, 4.69) is 4.90 Å². The minimum Gasteiger partial charge on any atom is -0.462 e. The fourth-order valence-corrected chi connectivity index (χ4v) is 10.1. The molecule has 0 bridgehead atoms. The zero-order chi connectivity index (χ0) is 50.7. The van der Waals surface area contributed by atoms with Crippen molar-refractivity contribution in [1.82, 2.24) is 9.80 Å². The predicted octanol–water partition coefficient (Wildman–Crippen LogP) is 4.84. The highest BCUT2D eigenvalue weighted by Crippen LogP contribution is 2.41. The molecule has 0 amide bonds. The molecule has 18 atom stereocenters. The van der Waals surface area contributed by atoms with Crippen LogP contribution in [0, 0.1) is 17.8 Å². The van der Waals surface area contributed by atoms with Crippen LogP contribution in [0.15, 0.2) is 24.3 Å². The van der Waals surface area contributed by atoms with Gasteiger partial charge in [-0.05, 0) is 99.8 Å². The number of esters is 3. The quantitative estimate of drug-likeness (QED) is 0.0974. The Morgan fingerprint density at radius 2 is 1.51 bits per heavy atom. The number of ether oxygens (including phenoxy) is 10. The number of nitrogens with zero attached hydrogens (tertiary/aromatic N) is 2. The van der Waals surface area contributed by atoms with Gasteiger partial charge in [0.25, 0.3) is 0 Å². The maximum absolute atomic E-state index is 13.5. The third-order valence-corrected chi connectivity index (χ3v) is 13.6. The Kier molecular flexibility index (Phi) is 22.1. The number of hydrogen-bond donors (Lipinski definition) is 2. The maximum Gasteiger partial charge on any atom is 0.309 e. The molecule has 18 heteroatoms. The van der Waals surface area contributed by atoms with Gasteiger partial charge in [-0.15, -0.1) is 0 Å². The molecule has 4 rings (SSSR count). The van der Waals surface area contributed by atoms with Crippen molar-refractivity contribution in [2.45, 2.75) is 217 Å². The molecule has 18 nitrogen and oxygen atoms in total. The van der Waals surface area contributed by atoms with E-state index in [4.69, 9.17) is 47.4 Å². The summed E-state index contributed by atoms with van der Waals surface area (Å²) in [4.78, 5) is 55.3. The summed E-state index contributed by atoms with van der Waals surface area (Å²) in [5, 5.41) is 24.2. The summed E-state index contributed by atoms with van der Waals surface area (Å²) in [7, 11) is 8.85. The third kappa shape index (κ3) is 16.1. The molecule has 390 valence electrons. The number of allylic oxidation sites excluding steroid dienone is 2. The normalized spacial score (nSPS) is 40.2. The molecule has 4 aliphatic heterocycles. The Morgan fingerprint density at radius 1 is 0.868 bits per heavy atom. The van der Waals surface area contributed by atoms with Crippen LogP contribution in [0.3, 0.4) is 0 Å². The highest BCUT2D eigenvalue weighted by molar-refractivity contribution is 5.72. The van der Waals surface area contributed by atoms with E-state index in [1.54, 1.807) is 46.7 Å². The van der Waals surface area contributed by atoms with Gasteiger partial charge in [0.1, 0.15) is 36.3 Å². The van der Waals surface area contributed by atoms with Gasteiger partial charge in [-0.1, -0.05) is 45.1 Å². The van der Waals surface area contributed by atoms with Crippen LogP contribution in [0.2, 0.25) is 0 Å². The lowest BCUT2D eigenvalue weighted by atomic mass is 9.82. The Morgan fingerprint density at radius 3 is 2.09 bits per heavy atom. The molecule has 3 fully saturated rings. The van der Waals surface area contributed by atoms with Gasteiger partial charge in [-0.2, -0.15) is 0 Å². The van der Waals surface area contributed by atoms with E-state index in [9.17, 15) is 29.4 Å². The zero-order valence-electron chi connectivity index (χ0n) is 43.1. The van der Waals surface area contributed by atoms with Gasteiger partial charge in [0, 0.05) is 52.2 Å². The number of rotatable bonds is 15. The average molecular weight is 969 g/mol. The standard InChI is InChI=1S/C50H84N2O16/c1-29(2)24-40(55)66-47-33(6)62-43(27-49(47,9)57)68-48-34(7)63-44(28-50(48,58)52(12)13)67-45-36(22-23-53)25-30(3)38(65-42-21-20-37(51(10)11)32(5)61-42)19-17-15-16-18-31(4)60-41(56)26-39(46(45)59-14)64-35(8)54/h15-17,19,23,29-34,36-39,42-48,57-58H,18,20-22,24-28H2,1-14H3. The van der Waals surface area contributed by atoms with Gasteiger partial charge in [0.2, 0.25) is 0 Å². The van der Waals surface area contributed by atoms with Gasteiger partial charge in [-0.25, -0.2) is 0 Å². The first-order chi connectivity index (χ1) is 31.9. The Balaban J connectivity index is 1.69. The number of aldehydes is 1. The van der Waals surface area contributed by atoms with Gasteiger partial charge in [-0.3, -0.25) is 19.3 Å². The molecule has 18 unspecified atom stereocenters. The van der Waals surface area contributed by atoms with Crippen LogP contribution in [-0.2, 0) is 66.5 Å². The molecule has 0 spiro atoms. The van der Waals surface area contributed by atoms with Gasteiger partial charge in [0.15, 0.2) is 30.7 Å². The van der Waals surface area contributed by atoms with Crippen LogP contribution in [0.25, 0.3) is 0 Å². The smallest absolute Gasteiger partial charge is 0.309 e. The first-order valence-corrected chi connectivity index (χ1v) is 24.5. The van der Waals surface area contributed by atoms with Crippen molar-refractivity contribution in [3.8, 4) is 0 Å². The molecule has 68 heavy (non-hydrogen) atoms. The van der Waals surface area contributed by atoms with E-state index in [0.717, 1.165) is 12.7 Å². The molecule has 2 N–H and O–H groups in total. The third-order valence-electron chi connectivity index (χ3n) is 13.6. The lowest BCUT2D eigenvalue weighted by Gasteiger charge is -2.52. The number of likely N-dealkylation sites (N-methyl/N-ethyl adjacent to an activating group) is 2. The van der Waals surface area contributed by atoms with Crippen molar-refractivity contribution >= 4 is 24.2 Å². The molecule has 4 aliphatic rings. The number of hydrogen-bond acceptors (Lipinski definition) is 18. The fraction of sp³-hybridized carbons (Fsp3) is 0.840. The Hall–Kier alpha value is -2.88. The van der Waals surface area contributed by atoms with Crippen molar-refractivity contribution in [1.29, 1.82) is 0 Å². The van der Waals surface area contributed by atoms with Crippen LogP contribution in [0.5, 0.6) is 0 Å². The molecular formula is C50H84N2O16. The summed E-state index contributed by atoms with van der Waals surface area (Å²) in [5.41, 5.74) is -3.30. The van der Waals surface area contributed by atoms with E-state index < -0.39 is 109 Å². The van der Waals surface area contributed by atoms with E-state index in [-0.39, 0.29) is 56.1 Å². The molecule has 4 heterocycles. The number of methoxy groups -OCH3 is 1. The molecule has 0 aromatic rings. The van der Waals surface area contributed by atoms with E-state index in [1.807, 2.05) is 66.1 Å². The maximum atomic E-state index is 13.5. The van der Waals surface area contributed by atoms with Gasteiger partial charge in [0.05, 0.1) is 36.9 Å². The van der Waals surface area contributed by atoms with E-state index >= 15 is 0 Å². The van der Waals surface area contributed by atoms with Crippen LogP contribution in [0.1, 0.15) is 120 Å². The van der Waals surface area contributed by atoms with Crippen LogP contribution >= 0.6 is 0 Å². The second-order valence-corrected chi connectivity index (χ2v) is 20.5. The van der Waals surface area contributed by atoms with Gasteiger partial charge < -0.3 is 67.3 Å². The number of cyclic esters (lactones) is 1. The zero-order valence-corrected chi connectivity index (χ0v) is 43.1. The summed E-state index contributed by atoms with van der Waals surface area (Å²) >= 11 is 0. The Labute approximate surface area is 404 Å². The first-order valence-electron chi connectivity index (χ1n) is 24.5. The molecular weight excluding hydrogens is 885 g/mol. The van der Waals surface area contributed by atoms with Crippen molar-refractivity contribution in [3.05, 3.63) is 24.3 Å². The first kappa shape index (κ1) is 57.7. The SMILES string of the molecule is COC1C(OC(C)=O)CC(=O)OC(C)CC=CC=CC(OC2CCC(N(C)C)C(C)O2)C(C)CC(CC=O)C1OC1CC(O)(N(C)C)C(OC2CC(C)(O)C(OC(=O)CC(C)C)C(C)O2)C(C)O1. The summed E-state index contributed by atoms with van der Waals surface area (Å²) in [6.45, 7) is 15.8. The van der Waals surface area contributed by atoms with Crippen molar-refractivity contribution in [2.24, 2.45) is 17.8 Å². The second-order valence-electron chi connectivity index (χ2n) is 20.5. The lowest BCUT2D eigenvalue weighted by Crippen LogP contribution is -2.67. The van der Waals surface area contributed by atoms with Crippen LogP contribution < -0.4 is 0 Å². The number of aliphatic hydroxyl groups is 2. The summed E-state index contributed by atoms with van der Waals surface area (Å²) in [6, 6.07) is 0.238. The molecule has 0 aromatic heterocycles. The second kappa shape index (κ2) is 26.0. The topological polar surface area (TPSA) is 208 Å². The number of carbonyl (C=O) groups is 4. The molecule has 0 saturated carbocycles. The minimum absolute atomic E-state index is 0.0299. The van der Waals surface area contributed by atoms with Crippen molar-refractivity contribution in [2.75, 3.05) is 35.3 Å². The number of carbonyl (C=O) groups excluding carboxylic acids is 4. The van der Waals surface area contributed by atoms with Crippen LogP contribution in [0.4, 0.5) is 0 Å². The summed E-state index contributed by atoms with van der Waals surface area (Å²) < 4.78 is 62.7. The summed E-state index contributed by atoms with van der Waals surface area (Å²) in [5.74, 6) is -2.58. The van der Waals surface area contributed by atoms with E-state index in [1.165, 1.54) is 14.0 Å². The highest BCUT2D eigenvalue weighted by Gasteiger charge is 2.55. The molecule has 0 aliphatic carbocycles. The summed E-state index contributed by atoms with van der Waals surface area (Å²) in [6.07, 6.45) is -0.632. The monoisotopic (exact) mass is 969 g/mol. The molecule has 3 saturated heterocycles. The Bertz CT molecular complexity index is 1670. The average Bonchev–Trinajstić information content (AvgIpc) is 3.21. The fourth-order valence-electron chi connectivity index (χ4n) is 10.1. The lowest BCUT2D eigenvalue weighted by molar-refractivity contribution is -0.366. The highest BCUT2D eigenvalue weighted by atomic mass is 16.7.